The molecular formula is C14H9Br2ClN2OS. The van der Waals surface area contributed by atoms with Crippen LogP contribution in [0.25, 0.3) is 16.7 Å². The highest BCUT2D eigenvalue weighted by Gasteiger charge is 2.14. The van der Waals surface area contributed by atoms with Crippen molar-refractivity contribution in [3.63, 3.8) is 0 Å². The Labute approximate surface area is 148 Å². The highest BCUT2D eigenvalue weighted by atomic mass is 79.9. The Morgan fingerprint density at radius 3 is 2.71 bits per heavy atom. The van der Waals surface area contributed by atoms with Crippen LogP contribution >= 0.6 is 55.7 Å². The Morgan fingerprint density at radius 2 is 2.00 bits per heavy atom. The molecule has 0 aliphatic carbocycles. The average molecular weight is 449 g/mol. The first-order valence-corrected chi connectivity index (χ1v) is 8.33. The first kappa shape index (κ1) is 15.1. The molecule has 3 aromatic rings. The first-order chi connectivity index (χ1) is 10.0. The lowest BCUT2D eigenvalue weighted by Gasteiger charge is -2.12. The summed E-state index contributed by atoms with van der Waals surface area (Å²) in [6, 6.07) is 9.49. The maximum Gasteiger partial charge on any atom is 0.182 e. The molecule has 0 bridgehead atoms. The number of rotatable bonds is 2. The van der Waals surface area contributed by atoms with Gasteiger partial charge in [0.05, 0.1) is 33.3 Å². The molecule has 2 aromatic carbocycles. The number of ether oxygens (including phenoxy) is 1. The highest BCUT2D eigenvalue weighted by Crippen LogP contribution is 2.36. The third kappa shape index (κ3) is 2.54. The number of fused-ring (bicyclic) bond motifs is 1. The maximum absolute atomic E-state index is 6.34. The molecule has 0 unspecified atom stereocenters. The van der Waals surface area contributed by atoms with Crippen LogP contribution in [-0.2, 0) is 0 Å². The molecule has 0 saturated carbocycles. The van der Waals surface area contributed by atoms with Crippen molar-refractivity contribution in [2.24, 2.45) is 0 Å². The molecule has 0 atom stereocenters. The molecule has 3 rings (SSSR count). The van der Waals surface area contributed by atoms with E-state index in [4.69, 9.17) is 28.6 Å². The van der Waals surface area contributed by atoms with Gasteiger partial charge in [-0.05, 0) is 62.3 Å². The molecule has 7 heteroatoms. The van der Waals surface area contributed by atoms with Gasteiger partial charge in [-0.3, -0.25) is 4.57 Å². The number of nitrogens with zero attached hydrogens (tertiary/aromatic N) is 1. The zero-order valence-electron chi connectivity index (χ0n) is 10.8. The lowest BCUT2D eigenvalue weighted by Crippen LogP contribution is -1.97. The molecule has 0 saturated heterocycles. The Hall–Kier alpha value is -0.820. The summed E-state index contributed by atoms with van der Waals surface area (Å²) in [5.74, 6) is 0.719. The summed E-state index contributed by atoms with van der Waals surface area (Å²) < 4.78 is 9.57. The second kappa shape index (κ2) is 5.76. The maximum atomic E-state index is 6.34. The largest absolute Gasteiger partial charge is 0.495 e. The van der Waals surface area contributed by atoms with Gasteiger partial charge in [-0.25, -0.2) is 0 Å². The van der Waals surface area contributed by atoms with Crippen LogP contribution in [0.3, 0.4) is 0 Å². The van der Waals surface area contributed by atoms with E-state index in [1.54, 1.807) is 7.11 Å². The van der Waals surface area contributed by atoms with Gasteiger partial charge in [0.1, 0.15) is 5.75 Å². The van der Waals surface area contributed by atoms with E-state index >= 15 is 0 Å². The highest BCUT2D eigenvalue weighted by molar-refractivity contribution is 9.11. The quantitative estimate of drug-likeness (QED) is 0.497. The molecular weight excluding hydrogens is 439 g/mol. The minimum absolute atomic E-state index is 0.572. The number of benzene rings is 2. The Kier molecular flexibility index (Phi) is 4.14. The van der Waals surface area contributed by atoms with E-state index in [9.17, 15) is 0 Å². The minimum atomic E-state index is 0.572. The van der Waals surface area contributed by atoms with Crippen LogP contribution in [0, 0.1) is 4.77 Å². The number of H-pyrrole nitrogens is 1. The van der Waals surface area contributed by atoms with Crippen LogP contribution in [0.1, 0.15) is 0 Å². The first-order valence-electron chi connectivity index (χ1n) is 5.95. The lowest BCUT2D eigenvalue weighted by molar-refractivity contribution is 0.412. The van der Waals surface area contributed by atoms with Crippen molar-refractivity contribution in [2.45, 2.75) is 0 Å². The van der Waals surface area contributed by atoms with E-state index in [1.165, 1.54) is 0 Å². The number of aromatic nitrogens is 2. The van der Waals surface area contributed by atoms with Crippen molar-refractivity contribution in [1.82, 2.24) is 9.55 Å². The summed E-state index contributed by atoms with van der Waals surface area (Å²) in [6.45, 7) is 0. The SMILES string of the molecule is COc1cc(-n2c(=S)[nH]c3cccc(Cl)c32)c(Br)cc1Br. The third-order valence-corrected chi connectivity index (χ3v) is 4.96. The molecule has 1 heterocycles. The molecule has 1 aromatic heterocycles. The van der Waals surface area contributed by atoms with Crippen LogP contribution in [0.2, 0.25) is 5.02 Å². The van der Waals surface area contributed by atoms with Crippen molar-refractivity contribution in [2.75, 3.05) is 7.11 Å². The number of aromatic amines is 1. The standard InChI is InChI=1S/C14H9Br2ClN2OS/c1-20-12-6-11(7(15)5-8(12)16)19-13-9(17)3-2-4-10(13)18-14(19)21/h2-6H,1H3,(H,18,21). The zero-order chi connectivity index (χ0) is 15.1. The molecule has 0 aliphatic heterocycles. The summed E-state index contributed by atoms with van der Waals surface area (Å²) in [6.07, 6.45) is 0. The Morgan fingerprint density at radius 1 is 1.24 bits per heavy atom. The van der Waals surface area contributed by atoms with E-state index in [1.807, 2.05) is 34.9 Å². The van der Waals surface area contributed by atoms with Gasteiger partial charge in [-0.15, -0.1) is 0 Å². The number of imidazole rings is 1. The number of halogens is 3. The fourth-order valence-corrected chi connectivity index (χ4v) is 4.08. The second-order valence-electron chi connectivity index (χ2n) is 4.34. The summed E-state index contributed by atoms with van der Waals surface area (Å²) in [5, 5.41) is 0.633. The predicted octanol–water partition coefficient (Wildman–Crippen LogP) is 5.88. The Balaban J connectivity index is 2.41. The number of para-hydroxylation sites is 1. The van der Waals surface area contributed by atoms with Crippen LogP contribution < -0.4 is 4.74 Å². The van der Waals surface area contributed by atoms with E-state index < -0.39 is 0 Å². The van der Waals surface area contributed by atoms with Gasteiger partial charge in [0.15, 0.2) is 4.77 Å². The zero-order valence-corrected chi connectivity index (χ0v) is 15.5. The second-order valence-corrected chi connectivity index (χ2v) is 6.84. The molecule has 0 spiro atoms. The van der Waals surface area contributed by atoms with E-state index in [-0.39, 0.29) is 0 Å². The van der Waals surface area contributed by atoms with Gasteiger partial charge in [-0.2, -0.15) is 0 Å². The van der Waals surface area contributed by atoms with Crippen LogP contribution in [-0.4, -0.2) is 16.7 Å². The van der Waals surface area contributed by atoms with Gasteiger partial charge < -0.3 is 9.72 Å². The van der Waals surface area contributed by atoms with Gasteiger partial charge in [0, 0.05) is 10.5 Å². The summed E-state index contributed by atoms with van der Waals surface area (Å²) in [7, 11) is 1.62. The number of methoxy groups -OCH3 is 1. The number of hydrogen-bond donors (Lipinski definition) is 1. The fourth-order valence-electron chi connectivity index (χ4n) is 2.19. The van der Waals surface area contributed by atoms with E-state index in [0.717, 1.165) is 31.4 Å². The Bertz CT molecular complexity index is 904. The average Bonchev–Trinajstić information content (AvgIpc) is 2.77. The van der Waals surface area contributed by atoms with Crippen molar-refractivity contribution in [3.8, 4) is 11.4 Å². The number of nitrogens with one attached hydrogen (secondary N) is 1. The molecule has 3 nitrogen and oxygen atoms in total. The monoisotopic (exact) mass is 446 g/mol. The minimum Gasteiger partial charge on any atom is -0.495 e. The van der Waals surface area contributed by atoms with E-state index in [0.29, 0.717) is 9.79 Å². The summed E-state index contributed by atoms with van der Waals surface area (Å²) in [4.78, 5) is 3.17. The van der Waals surface area contributed by atoms with Crippen LogP contribution in [0.15, 0.2) is 39.3 Å². The molecule has 1 N–H and O–H groups in total. The van der Waals surface area contributed by atoms with Gasteiger partial charge >= 0.3 is 0 Å². The summed E-state index contributed by atoms with van der Waals surface area (Å²) >= 11 is 18.8. The topological polar surface area (TPSA) is 29.9 Å². The van der Waals surface area contributed by atoms with Gasteiger partial charge in [-0.1, -0.05) is 17.7 Å². The lowest BCUT2D eigenvalue weighted by atomic mass is 10.2. The normalized spacial score (nSPS) is 11.0. The van der Waals surface area contributed by atoms with Crippen LogP contribution in [0.5, 0.6) is 5.75 Å². The van der Waals surface area contributed by atoms with Crippen molar-refractivity contribution >= 4 is 66.7 Å². The van der Waals surface area contributed by atoms with Crippen molar-refractivity contribution < 1.29 is 4.74 Å². The van der Waals surface area contributed by atoms with Gasteiger partial charge in [0.2, 0.25) is 0 Å². The van der Waals surface area contributed by atoms with E-state index in [2.05, 4.69) is 36.8 Å². The van der Waals surface area contributed by atoms with Crippen LogP contribution in [0.4, 0.5) is 0 Å². The summed E-state index contributed by atoms with van der Waals surface area (Å²) in [5.41, 5.74) is 2.59. The molecule has 0 fully saturated rings. The van der Waals surface area contributed by atoms with Crippen molar-refractivity contribution in [1.29, 1.82) is 0 Å². The molecule has 21 heavy (non-hydrogen) atoms. The van der Waals surface area contributed by atoms with Gasteiger partial charge in [0.25, 0.3) is 0 Å². The van der Waals surface area contributed by atoms with Crippen molar-refractivity contribution in [3.05, 3.63) is 49.1 Å². The third-order valence-electron chi connectivity index (χ3n) is 3.12. The smallest absolute Gasteiger partial charge is 0.182 e. The molecule has 0 aliphatic rings. The fraction of sp³-hybridized carbons (Fsp3) is 0.0714. The molecule has 0 amide bonds. The predicted molar refractivity (Wildman–Crippen MR) is 95.4 cm³/mol. The molecule has 0 radical (unpaired) electrons. The molecule has 108 valence electrons. The number of hydrogen-bond acceptors (Lipinski definition) is 2.